The minimum absolute atomic E-state index is 0.151. The van der Waals surface area contributed by atoms with Crippen molar-refractivity contribution in [3.8, 4) is 5.75 Å². The minimum Gasteiger partial charge on any atom is -0.497 e. The molecule has 1 N–H and O–H groups in total. The first-order valence-corrected chi connectivity index (χ1v) is 5.53. The van der Waals surface area contributed by atoms with Crippen molar-refractivity contribution in [3.05, 3.63) is 29.3 Å². The Labute approximate surface area is 95.0 Å². The van der Waals surface area contributed by atoms with E-state index in [2.05, 4.69) is 0 Å². The second-order valence-corrected chi connectivity index (χ2v) is 4.34. The number of carboxylic acid groups (broad SMARTS) is 1. The van der Waals surface area contributed by atoms with Crippen LogP contribution in [0.3, 0.4) is 0 Å². The van der Waals surface area contributed by atoms with Crippen LogP contribution in [0.15, 0.2) is 18.2 Å². The Morgan fingerprint density at radius 1 is 1.56 bits per heavy atom. The smallest absolute Gasteiger partial charge is 0.306 e. The van der Waals surface area contributed by atoms with Gasteiger partial charge in [0.15, 0.2) is 0 Å². The van der Waals surface area contributed by atoms with Crippen molar-refractivity contribution >= 4 is 5.97 Å². The lowest BCUT2D eigenvalue weighted by molar-refractivity contribution is -0.141. The maximum Gasteiger partial charge on any atom is 0.306 e. The van der Waals surface area contributed by atoms with E-state index in [0.717, 1.165) is 18.6 Å². The zero-order valence-corrected chi connectivity index (χ0v) is 9.56. The summed E-state index contributed by atoms with van der Waals surface area (Å²) in [6.07, 6.45) is 1.88. The Bertz CT molecular complexity index is 412. The molecule has 1 aromatic rings. The van der Waals surface area contributed by atoms with Gasteiger partial charge in [0.05, 0.1) is 13.0 Å². The highest BCUT2D eigenvalue weighted by Crippen LogP contribution is 2.39. The highest BCUT2D eigenvalue weighted by Gasteiger charge is 2.31. The molecule has 0 heterocycles. The van der Waals surface area contributed by atoms with Gasteiger partial charge in [-0.2, -0.15) is 0 Å². The third kappa shape index (κ3) is 1.77. The molecule has 0 saturated carbocycles. The second-order valence-electron chi connectivity index (χ2n) is 4.34. The summed E-state index contributed by atoms with van der Waals surface area (Å²) in [6.45, 7) is 1.78. The van der Waals surface area contributed by atoms with Gasteiger partial charge < -0.3 is 9.84 Å². The quantitative estimate of drug-likeness (QED) is 0.851. The lowest BCUT2D eigenvalue weighted by Crippen LogP contribution is -2.17. The van der Waals surface area contributed by atoms with Crippen LogP contribution in [-0.4, -0.2) is 18.2 Å². The lowest BCUT2D eigenvalue weighted by Gasteiger charge is -2.16. The Hall–Kier alpha value is -1.51. The minimum atomic E-state index is -0.714. The van der Waals surface area contributed by atoms with Gasteiger partial charge in [0.25, 0.3) is 0 Å². The summed E-state index contributed by atoms with van der Waals surface area (Å²) >= 11 is 0. The van der Waals surface area contributed by atoms with Crippen LogP contribution < -0.4 is 4.74 Å². The molecule has 1 aromatic carbocycles. The number of benzene rings is 1. The normalized spacial score (nSPS) is 20.2. The van der Waals surface area contributed by atoms with E-state index in [1.165, 1.54) is 11.1 Å². The van der Waals surface area contributed by atoms with Gasteiger partial charge in [-0.1, -0.05) is 13.0 Å². The molecule has 0 aromatic heterocycles. The maximum absolute atomic E-state index is 11.0. The number of hydrogen-bond acceptors (Lipinski definition) is 2. The molecule has 2 atom stereocenters. The molecule has 0 saturated heterocycles. The Kier molecular flexibility index (Phi) is 2.86. The Balaban J connectivity index is 2.30. The van der Waals surface area contributed by atoms with E-state index in [-0.39, 0.29) is 11.8 Å². The zero-order valence-electron chi connectivity index (χ0n) is 9.56. The van der Waals surface area contributed by atoms with Gasteiger partial charge in [0.1, 0.15) is 5.75 Å². The van der Waals surface area contributed by atoms with E-state index in [4.69, 9.17) is 9.84 Å². The van der Waals surface area contributed by atoms with Crippen LogP contribution >= 0.6 is 0 Å². The lowest BCUT2D eigenvalue weighted by atomic mass is 9.89. The second kappa shape index (κ2) is 4.16. The standard InChI is InChI=1S/C13H16O3/c1-8(13(14)15)11-5-3-9-7-10(16-2)4-6-12(9)11/h4,6-8,11H,3,5H2,1-2H3,(H,14,15)/t8?,11-/m1/s1. The summed E-state index contributed by atoms with van der Waals surface area (Å²) in [5.74, 6) is -0.0240. The molecule has 0 radical (unpaired) electrons. The third-order valence-electron chi connectivity index (χ3n) is 3.47. The molecule has 1 aliphatic rings. The predicted molar refractivity (Wildman–Crippen MR) is 60.9 cm³/mol. The number of ether oxygens (including phenoxy) is 1. The van der Waals surface area contributed by atoms with Crippen LogP contribution in [0.5, 0.6) is 5.75 Å². The van der Waals surface area contributed by atoms with Crippen molar-refractivity contribution in [1.29, 1.82) is 0 Å². The van der Waals surface area contributed by atoms with Crippen LogP contribution in [-0.2, 0) is 11.2 Å². The highest BCUT2D eigenvalue weighted by molar-refractivity contribution is 5.71. The number of rotatable bonds is 3. The van der Waals surface area contributed by atoms with Crippen LogP contribution in [0, 0.1) is 5.92 Å². The summed E-state index contributed by atoms with van der Waals surface area (Å²) in [7, 11) is 1.65. The van der Waals surface area contributed by atoms with Gasteiger partial charge >= 0.3 is 5.97 Å². The van der Waals surface area contributed by atoms with Gasteiger partial charge in [-0.25, -0.2) is 0 Å². The summed E-state index contributed by atoms with van der Waals surface area (Å²) in [5, 5.41) is 9.04. The van der Waals surface area contributed by atoms with E-state index in [1.54, 1.807) is 14.0 Å². The molecule has 0 spiro atoms. The van der Waals surface area contributed by atoms with Crippen molar-refractivity contribution in [1.82, 2.24) is 0 Å². The Morgan fingerprint density at radius 3 is 2.94 bits per heavy atom. The topological polar surface area (TPSA) is 46.5 Å². The van der Waals surface area contributed by atoms with Crippen molar-refractivity contribution in [3.63, 3.8) is 0 Å². The molecule has 0 amide bonds. The van der Waals surface area contributed by atoms with E-state index in [0.29, 0.717) is 0 Å². The number of hydrogen-bond donors (Lipinski definition) is 1. The molecular formula is C13H16O3. The summed E-state index contributed by atoms with van der Waals surface area (Å²) in [6, 6.07) is 5.93. The predicted octanol–water partition coefficient (Wildman–Crippen LogP) is 2.45. The van der Waals surface area contributed by atoms with Crippen LogP contribution in [0.1, 0.15) is 30.4 Å². The largest absolute Gasteiger partial charge is 0.497 e. The fourth-order valence-electron chi connectivity index (χ4n) is 2.45. The number of carbonyl (C=O) groups is 1. The number of aryl methyl sites for hydroxylation is 1. The molecule has 16 heavy (non-hydrogen) atoms. The Morgan fingerprint density at radius 2 is 2.31 bits per heavy atom. The first kappa shape index (κ1) is 11.0. The van der Waals surface area contributed by atoms with Gasteiger partial charge in [-0.3, -0.25) is 4.79 Å². The number of methoxy groups -OCH3 is 1. The molecule has 3 nitrogen and oxygen atoms in total. The highest BCUT2D eigenvalue weighted by atomic mass is 16.5. The van der Waals surface area contributed by atoms with Crippen molar-refractivity contribution in [2.45, 2.75) is 25.7 Å². The molecule has 1 unspecified atom stereocenters. The zero-order chi connectivity index (χ0) is 11.7. The molecule has 3 heteroatoms. The van der Waals surface area contributed by atoms with Gasteiger partial charge in [0.2, 0.25) is 0 Å². The van der Waals surface area contributed by atoms with E-state index >= 15 is 0 Å². The SMILES string of the molecule is COc1ccc2c(c1)CC[C@@H]2C(C)C(=O)O. The summed E-state index contributed by atoms with van der Waals surface area (Å²) in [4.78, 5) is 11.0. The van der Waals surface area contributed by atoms with Crippen LogP contribution in [0.25, 0.3) is 0 Å². The third-order valence-corrected chi connectivity index (χ3v) is 3.47. The van der Waals surface area contributed by atoms with Crippen molar-refractivity contribution in [2.24, 2.45) is 5.92 Å². The molecule has 2 rings (SSSR count). The summed E-state index contributed by atoms with van der Waals surface area (Å²) < 4.78 is 5.17. The first-order valence-electron chi connectivity index (χ1n) is 5.53. The number of carboxylic acids is 1. The van der Waals surface area contributed by atoms with Crippen molar-refractivity contribution in [2.75, 3.05) is 7.11 Å². The molecule has 1 aliphatic carbocycles. The van der Waals surface area contributed by atoms with E-state index in [1.807, 2.05) is 18.2 Å². The van der Waals surface area contributed by atoms with Crippen LogP contribution in [0.2, 0.25) is 0 Å². The van der Waals surface area contributed by atoms with Crippen molar-refractivity contribution < 1.29 is 14.6 Å². The summed E-state index contributed by atoms with van der Waals surface area (Å²) in [5.41, 5.74) is 2.41. The van der Waals surface area contributed by atoms with Crippen LogP contribution in [0.4, 0.5) is 0 Å². The number of fused-ring (bicyclic) bond motifs is 1. The fraction of sp³-hybridized carbons (Fsp3) is 0.462. The monoisotopic (exact) mass is 220 g/mol. The van der Waals surface area contributed by atoms with Gasteiger partial charge in [-0.15, -0.1) is 0 Å². The van der Waals surface area contributed by atoms with E-state index < -0.39 is 5.97 Å². The maximum atomic E-state index is 11.0. The molecule has 0 fully saturated rings. The van der Waals surface area contributed by atoms with E-state index in [9.17, 15) is 4.79 Å². The average molecular weight is 220 g/mol. The molecular weight excluding hydrogens is 204 g/mol. The average Bonchev–Trinajstić information content (AvgIpc) is 2.70. The molecule has 86 valence electrons. The molecule has 0 aliphatic heterocycles. The van der Waals surface area contributed by atoms with Gasteiger partial charge in [-0.05, 0) is 42.0 Å². The van der Waals surface area contributed by atoms with Gasteiger partial charge in [0, 0.05) is 0 Å². The fourth-order valence-corrected chi connectivity index (χ4v) is 2.45. The first-order chi connectivity index (χ1) is 7.63. The number of aliphatic carboxylic acids is 1. The molecule has 0 bridgehead atoms.